The number of allylic oxidation sites excluding steroid dienone is 1. The molecule has 176 valence electrons. The average molecular weight is 459 g/mol. The Hall–Kier alpha value is -1.70. The summed E-state index contributed by atoms with van der Waals surface area (Å²) in [5.41, 5.74) is -2.26. The number of ketones is 1. The van der Waals surface area contributed by atoms with E-state index in [1.165, 1.54) is 11.0 Å². The number of nitrogens with zero attached hydrogens (tertiary/aromatic N) is 1. The maximum Gasteiger partial charge on any atom is 0.410 e. The van der Waals surface area contributed by atoms with Gasteiger partial charge in [-0.1, -0.05) is 6.08 Å². The number of carbonyl (C=O) groups excluding carboxylic acids is 3. The Morgan fingerprint density at radius 2 is 1.87 bits per heavy atom. The fraction of sp³-hybridized carbons (Fsp3) is 0.762. The normalized spacial score (nSPS) is 24.4. The third-order valence-corrected chi connectivity index (χ3v) is 7.01. The van der Waals surface area contributed by atoms with Crippen LogP contribution in [0.3, 0.4) is 0 Å². The van der Waals surface area contributed by atoms with Crippen LogP contribution in [-0.4, -0.2) is 65.9 Å². The van der Waals surface area contributed by atoms with Gasteiger partial charge in [0.1, 0.15) is 11.8 Å². The van der Waals surface area contributed by atoms with Crippen LogP contribution in [0.4, 0.5) is 4.79 Å². The zero-order valence-electron chi connectivity index (χ0n) is 19.0. The number of ether oxygens (including phenoxy) is 2. The van der Waals surface area contributed by atoms with Gasteiger partial charge >= 0.3 is 19.7 Å². The van der Waals surface area contributed by atoms with Gasteiger partial charge in [-0.05, 0) is 60.0 Å². The number of esters is 1. The van der Waals surface area contributed by atoms with Crippen LogP contribution in [0.25, 0.3) is 0 Å². The van der Waals surface area contributed by atoms with Gasteiger partial charge in [-0.3, -0.25) is 14.2 Å². The van der Waals surface area contributed by atoms with Crippen molar-refractivity contribution in [3.05, 3.63) is 12.2 Å². The van der Waals surface area contributed by atoms with Crippen molar-refractivity contribution in [2.75, 3.05) is 25.9 Å². The minimum absolute atomic E-state index is 0.104. The summed E-state index contributed by atoms with van der Waals surface area (Å²) < 4.78 is 34.4. The van der Waals surface area contributed by atoms with E-state index in [-0.39, 0.29) is 19.6 Å². The monoisotopic (exact) mass is 459 g/mol. The molecule has 1 heterocycles. The van der Waals surface area contributed by atoms with Crippen molar-refractivity contribution in [3.8, 4) is 0 Å². The summed E-state index contributed by atoms with van der Waals surface area (Å²) in [5.74, 6) is -1.25. The molecular weight excluding hydrogens is 425 g/mol. The highest BCUT2D eigenvalue weighted by Gasteiger charge is 2.54. The molecular formula is C21H34NO8P. The van der Waals surface area contributed by atoms with E-state index in [0.717, 1.165) is 0 Å². The van der Waals surface area contributed by atoms with Gasteiger partial charge in [0, 0.05) is 13.0 Å². The second kappa shape index (κ2) is 10.3. The van der Waals surface area contributed by atoms with Crippen LogP contribution in [0.5, 0.6) is 0 Å². The Morgan fingerprint density at radius 1 is 1.23 bits per heavy atom. The molecule has 1 amide bonds. The second-order valence-electron chi connectivity index (χ2n) is 8.61. The van der Waals surface area contributed by atoms with E-state index >= 15 is 0 Å². The molecule has 2 aliphatic rings. The van der Waals surface area contributed by atoms with Gasteiger partial charge in [-0.15, -0.1) is 0 Å². The van der Waals surface area contributed by atoms with E-state index in [9.17, 15) is 18.9 Å². The van der Waals surface area contributed by atoms with Crippen LogP contribution >= 0.6 is 7.60 Å². The number of amides is 1. The Labute approximate surface area is 183 Å². The Balaban J connectivity index is 2.30. The maximum atomic E-state index is 13.0. The standard InChI is InChI=1S/C21H34NO8P/c1-6-27-31(26,28-7-2)15-18(24)29-21(13-9-8-12-17(21)23)16-11-10-14-22(16)19(25)30-20(3,4)5/h8,12,16H,6-7,9-11,13-15H2,1-5H3/t16-,21+/m0/s1. The smallest absolute Gasteiger partial charge is 0.410 e. The van der Waals surface area contributed by atoms with Crippen molar-refractivity contribution in [1.82, 2.24) is 4.90 Å². The molecule has 0 bridgehead atoms. The van der Waals surface area contributed by atoms with Gasteiger partial charge in [-0.25, -0.2) is 4.79 Å². The molecule has 31 heavy (non-hydrogen) atoms. The number of carbonyl (C=O) groups is 3. The second-order valence-corrected chi connectivity index (χ2v) is 10.7. The highest BCUT2D eigenvalue weighted by Crippen LogP contribution is 2.48. The summed E-state index contributed by atoms with van der Waals surface area (Å²) in [5, 5.41) is 0. The summed E-state index contributed by atoms with van der Waals surface area (Å²) in [6.45, 7) is 9.18. The van der Waals surface area contributed by atoms with E-state index in [2.05, 4.69) is 0 Å². The Morgan fingerprint density at radius 3 is 2.42 bits per heavy atom. The molecule has 9 nitrogen and oxygen atoms in total. The third-order valence-electron chi connectivity index (χ3n) is 5.06. The molecule has 1 fully saturated rings. The van der Waals surface area contributed by atoms with Gasteiger partial charge in [0.15, 0.2) is 5.60 Å². The molecule has 0 saturated carbocycles. The van der Waals surface area contributed by atoms with E-state index in [1.807, 2.05) is 0 Å². The lowest BCUT2D eigenvalue weighted by Gasteiger charge is -2.42. The molecule has 0 unspecified atom stereocenters. The zero-order valence-corrected chi connectivity index (χ0v) is 19.9. The number of hydrogen-bond donors (Lipinski definition) is 0. The van der Waals surface area contributed by atoms with Crippen LogP contribution in [0.15, 0.2) is 12.2 Å². The molecule has 1 aliphatic heterocycles. The molecule has 2 rings (SSSR count). The molecule has 0 aromatic heterocycles. The minimum Gasteiger partial charge on any atom is -0.448 e. The summed E-state index contributed by atoms with van der Waals surface area (Å²) >= 11 is 0. The van der Waals surface area contributed by atoms with E-state index < -0.39 is 48.8 Å². The molecule has 1 saturated heterocycles. The summed E-state index contributed by atoms with van der Waals surface area (Å²) in [4.78, 5) is 40.1. The van der Waals surface area contributed by atoms with E-state index in [1.54, 1.807) is 40.7 Å². The summed E-state index contributed by atoms with van der Waals surface area (Å²) in [6.07, 6.45) is 3.81. The van der Waals surface area contributed by atoms with Crippen molar-refractivity contribution in [1.29, 1.82) is 0 Å². The van der Waals surface area contributed by atoms with Crippen LogP contribution < -0.4 is 0 Å². The zero-order chi connectivity index (χ0) is 23.3. The van der Waals surface area contributed by atoms with Gasteiger partial charge in [0.2, 0.25) is 5.78 Å². The number of hydrogen-bond acceptors (Lipinski definition) is 8. The molecule has 0 N–H and O–H groups in total. The van der Waals surface area contributed by atoms with Gasteiger partial charge in [0.25, 0.3) is 0 Å². The van der Waals surface area contributed by atoms with Gasteiger partial charge < -0.3 is 23.4 Å². The predicted molar refractivity (Wildman–Crippen MR) is 114 cm³/mol. The first-order valence-corrected chi connectivity index (χ1v) is 12.5. The Bertz CT molecular complexity index is 749. The predicted octanol–water partition coefficient (Wildman–Crippen LogP) is 3.85. The van der Waals surface area contributed by atoms with Gasteiger partial charge in [-0.2, -0.15) is 0 Å². The molecule has 0 radical (unpaired) electrons. The number of likely N-dealkylation sites (tertiary alicyclic amines) is 1. The quantitative estimate of drug-likeness (QED) is 0.398. The molecule has 2 atom stereocenters. The lowest BCUT2D eigenvalue weighted by Crippen LogP contribution is -2.59. The largest absolute Gasteiger partial charge is 0.448 e. The minimum atomic E-state index is -3.70. The fourth-order valence-electron chi connectivity index (χ4n) is 3.96. The fourth-order valence-corrected chi connectivity index (χ4v) is 5.38. The summed E-state index contributed by atoms with van der Waals surface area (Å²) in [7, 11) is -3.70. The first kappa shape index (κ1) is 25.6. The topological polar surface area (TPSA) is 108 Å². The lowest BCUT2D eigenvalue weighted by atomic mass is 9.80. The van der Waals surface area contributed by atoms with E-state index in [0.29, 0.717) is 25.8 Å². The lowest BCUT2D eigenvalue weighted by molar-refractivity contribution is -0.171. The number of rotatable bonds is 8. The van der Waals surface area contributed by atoms with Crippen LogP contribution in [0.1, 0.15) is 60.3 Å². The van der Waals surface area contributed by atoms with Crippen molar-refractivity contribution >= 4 is 25.4 Å². The van der Waals surface area contributed by atoms with Crippen molar-refractivity contribution in [3.63, 3.8) is 0 Å². The van der Waals surface area contributed by atoms with Crippen LogP contribution in [0, 0.1) is 0 Å². The average Bonchev–Trinajstić information content (AvgIpc) is 3.13. The highest BCUT2D eigenvalue weighted by molar-refractivity contribution is 7.54. The molecule has 0 aromatic rings. The molecule has 0 aromatic carbocycles. The first-order chi connectivity index (χ1) is 14.5. The molecule has 10 heteroatoms. The first-order valence-electron chi connectivity index (χ1n) is 10.8. The Kier molecular flexibility index (Phi) is 8.47. The third kappa shape index (κ3) is 6.40. The maximum absolute atomic E-state index is 13.0. The molecule has 0 spiro atoms. The SMILES string of the molecule is CCOP(=O)(CC(=O)O[C@@]1([C@@H]2CCCN2C(=O)OC(C)(C)C)CCC=CC1=O)OCC. The van der Waals surface area contributed by atoms with Crippen LogP contribution in [-0.2, 0) is 32.7 Å². The van der Waals surface area contributed by atoms with Crippen molar-refractivity contribution in [2.45, 2.75) is 77.5 Å². The molecule has 1 aliphatic carbocycles. The summed E-state index contributed by atoms with van der Waals surface area (Å²) in [6, 6.07) is -0.665. The van der Waals surface area contributed by atoms with Crippen LogP contribution in [0.2, 0.25) is 0 Å². The highest BCUT2D eigenvalue weighted by atomic mass is 31.2. The van der Waals surface area contributed by atoms with Gasteiger partial charge in [0.05, 0.1) is 19.3 Å². The van der Waals surface area contributed by atoms with E-state index in [4.69, 9.17) is 18.5 Å². The van der Waals surface area contributed by atoms with Crippen molar-refractivity contribution in [2.24, 2.45) is 0 Å². The van der Waals surface area contributed by atoms with Crippen molar-refractivity contribution < 1.29 is 37.5 Å².